The minimum absolute atomic E-state index is 0.456. The normalized spacial score (nSPS) is 10.6. The maximum atomic E-state index is 6.27. The summed E-state index contributed by atoms with van der Waals surface area (Å²) in [5.74, 6) is 1.12. The number of benzene rings is 2. The van der Waals surface area contributed by atoms with Crippen molar-refractivity contribution in [3.05, 3.63) is 64.4 Å². The van der Waals surface area contributed by atoms with Crippen LogP contribution in [0.1, 0.15) is 16.7 Å². The molecule has 3 rings (SSSR count). The molecule has 6 heteroatoms. The third-order valence-corrected chi connectivity index (χ3v) is 4.42. The molecule has 0 aliphatic carbocycles. The van der Waals surface area contributed by atoms with Gasteiger partial charge >= 0.3 is 0 Å². The molecule has 1 heterocycles. The van der Waals surface area contributed by atoms with Crippen LogP contribution in [-0.4, -0.2) is 9.97 Å². The van der Waals surface area contributed by atoms with Gasteiger partial charge in [-0.2, -0.15) is 0 Å². The highest BCUT2D eigenvalue weighted by Crippen LogP contribution is 2.31. The Morgan fingerprint density at radius 2 is 1.56 bits per heavy atom. The average Bonchev–Trinajstić information content (AvgIpc) is 2.57. The van der Waals surface area contributed by atoms with Gasteiger partial charge in [-0.1, -0.05) is 23.7 Å². The van der Waals surface area contributed by atoms with Crippen molar-refractivity contribution in [2.24, 2.45) is 0 Å². The lowest BCUT2D eigenvalue weighted by Gasteiger charge is -2.15. The molecule has 0 spiro atoms. The number of anilines is 5. The minimum Gasteiger partial charge on any atom is -0.393 e. The van der Waals surface area contributed by atoms with Crippen molar-refractivity contribution in [2.45, 2.75) is 20.8 Å². The summed E-state index contributed by atoms with van der Waals surface area (Å²) < 4.78 is 0. The van der Waals surface area contributed by atoms with Crippen LogP contribution in [0.2, 0.25) is 5.02 Å². The molecule has 0 amide bonds. The van der Waals surface area contributed by atoms with E-state index in [-0.39, 0.29) is 0 Å². The highest BCUT2D eigenvalue weighted by Gasteiger charge is 2.11. The van der Waals surface area contributed by atoms with Crippen molar-refractivity contribution in [1.82, 2.24) is 9.97 Å². The zero-order chi connectivity index (χ0) is 18.0. The number of nitrogen functional groups attached to an aromatic ring is 1. The van der Waals surface area contributed by atoms with E-state index in [0.29, 0.717) is 22.3 Å². The van der Waals surface area contributed by atoms with Crippen molar-refractivity contribution < 1.29 is 0 Å². The van der Waals surface area contributed by atoms with Crippen LogP contribution in [0.3, 0.4) is 0 Å². The number of halogens is 1. The highest BCUT2D eigenvalue weighted by atomic mass is 35.5. The molecule has 0 bridgehead atoms. The lowest BCUT2D eigenvalue weighted by atomic mass is 10.1. The number of hydrogen-bond donors (Lipinski definition) is 3. The Balaban J connectivity index is 1.91. The highest BCUT2D eigenvalue weighted by molar-refractivity contribution is 6.30. The van der Waals surface area contributed by atoms with E-state index in [1.165, 1.54) is 11.9 Å². The van der Waals surface area contributed by atoms with Crippen LogP contribution in [0.5, 0.6) is 0 Å². The van der Waals surface area contributed by atoms with Crippen molar-refractivity contribution in [3.8, 4) is 0 Å². The largest absolute Gasteiger partial charge is 0.393 e. The molecule has 4 N–H and O–H groups in total. The monoisotopic (exact) mass is 353 g/mol. The maximum Gasteiger partial charge on any atom is 0.159 e. The van der Waals surface area contributed by atoms with Crippen LogP contribution in [0, 0.1) is 20.8 Å². The summed E-state index contributed by atoms with van der Waals surface area (Å²) in [7, 11) is 0. The molecule has 0 aliphatic heterocycles. The molecule has 25 heavy (non-hydrogen) atoms. The fourth-order valence-electron chi connectivity index (χ4n) is 2.50. The summed E-state index contributed by atoms with van der Waals surface area (Å²) in [6.45, 7) is 6.10. The van der Waals surface area contributed by atoms with Crippen LogP contribution < -0.4 is 16.4 Å². The second-order valence-corrected chi connectivity index (χ2v) is 6.38. The molecule has 0 saturated heterocycles. The average molecular weight is 354 g/mol. The third kappa shape index (κ3) is 3.67. The van der Waals surface area contributed by atoms with E-state index in [2.05, 4.69) is 40.5 Å². The number of aryl methyl sites for hydroxylation is 2. The van der Waals surface area contributed by atoms with E-state index in [4.69, 9.17) is 17.3 Å². The first-order chi connectivity index (χ1) is 12.0. The van der Waals surface area contributed by atoms with Gasteiger partial charge in [0.05, 0.1) is 0 Å². The molecule has 0 aliphatic rings. The Labute approximate surface area is 152 Å². The molecular weight excluding hydrogens is 334 g/mol. The molecule has 5 nitrogen and oxygen atoms in total. The number of aromatic nitrogens is 2. The zero-order valence-corrected chi connectivity index (χ0v) is 15.1. The summed E-state index contributed by atoms with van der Waals surface area (Å²) in [5.41, 5.74) is 12.0. The minimum atomic E-state index is 0.456. The van der Waals surface area contributed by atoms with E-state index in [1.54, 1.807) is 0 Å². The third-order valence-electron chi connectivity index (χ3n) is 4.18. The molecule has 128 valence electrons. The first-order valence-corrected chi connectivity index (χ1v) is 8.30. The first-order valence-electron chi connectivity index (χ1n) is 7.92. The van der Waals surface area contributed by atoms with Gasteiger partial charge in [-0.15, -0.1) is 0 Å². The van der Waals surface area contributed by atoms with E-state index in [9.17, 15) is 0 Å². The number of nitrogens with two attached hydrogens (primary N) is 1. The molecule has 0 fully saturated rings. The SMILES string of the molecule is Cc1cc(Cl)ccc1Nc1ncnc(Nc2cccc(C)c2C)c1N. The molecule has 2 aromatic carbocycles. The predicted octanol–water partition coefficient (Wildman–Crippen LogP) is 5.12. The summed E-state index contributed by atoms with van der Waals surface area (Å²) in [4.78, 5) is 8.53. The fraction of sp³-hybridized carbons (Fsp3) is 0.158. The van der Waals surface area contributed by atoms with Crippen LogP contribution in [-0.2, 0) is 0 Å². The molecule has 0 saturated carbocycles. The second kappa shape index (κ2) is 6.99. The Morgan fingerprint density at radius 1 is 0.880 bits per heavy atom. The summed E-state index contributed by atoms with van der Waals surface area (Å²) in [6, 6.07) is 11.7. The Morgan fingerprint density at radius 3 is 2.24 bits per heavy atom. The van der Waals surface area contributed by atoms with Gasteiger partial charge in [-0.25, -0.2) is 9.97 Å². The molecule has 1 aromatic heterocycles. The van der Waals surface area contributed by atoms with Gasteiger partial charge in [0.25, 0.3) is 0 Å². The Hall–Kier alpha value is -2.79. The van der Waals surface area contributed by atoms with Gasteiger partial charge in [-0.05, 0) is 61.7 Å². The molecule has 0 atom stereocenters. The molecule has 0 radical (unpaired) electrons. The quantitative estimate of drug-likeness (QED) is 0.606. The molecular formula is C19H20ClN5. The van der Waals surface area contributed by atoms with Gasteiger partial charge in [0.2, 0.25) is 0 Å². The van der Waals surface area contributed by atoms with Crippen molar-refractivity contribution in [1.29, 1.82) is 0 Å². The van der Waals surface area contributed by atoms with Crippen molar-refractivity contribution in [3.63, 3.8) is 0 Å². The smallest absolute Gasteiger partial charge is 0.159 e. The summed E-state index contributed by atoms with van der Waals surface area (Å²) in [6.07, 6.45) is 1.48. The number of rotatable bonds is 4. The van der Waals surface area contributed by atoms with E-state index in [0.717, 1.165) is 22.5 Å². The summed E-state index contributed by atoms with van der Waals surface area (Å²) >= 11 is 6.01. The van der Waals surface area contributed by atoms with Gasteiger partial charge in [0.15, 0.2) is 11.6 Å². The number of nitrogens with zero attached hydrogens (tertiary/aromatic N) is 2. The van der Waals surface area contributed by atoms with Crippen LogP contribution in [0.15, 0.2) is 42.7 Å². The summed E-state index contributed by atoms with van der Waals surface area (Å²) in [5, 5.41) is 7.23. The van der Waals surface area contributed by atoms with E-state index >= 15 is 0 Å². The van der Waals surface area contributed by atoms with Gasteiger partial charge in [0, 0.05) is 16.4 Å². The standard InChI is InChI=1S/C19H20ClN5/c1-11-5-4-6-16(13(11)3)25-19-17(21)18(22-10-23-19)24-15-8-7-14(20)9-12(15)2/h4-10H,21H2,1-3H3,(H2,22,23,24,25). The Kier molecular flexibility index (Phi) is 4.76. The zero-order valence-electron chi connectivity index (χ0n) is 14.4. The van der Waals surface area contributed by atoms with Gasteiger partial charge in [-0.3, -0.25) is 0 Å². The fourth-order valence-corrected chi connectivity index (χ4v) is 2.73. The predicted molar refractivity (Wildman–Crippen MR) is 105 cm³/mol. The second-order valence-electron chi connectivity index (χ2n) is 5.94. The number of nitrogens with one attached hydrogen (secondary N) is 2. The molecule has 0 unspecified atom stereocenters. The number of hydrogen-bond acceptors (Lipinski definition) is 5. The lowest BCUT2D eigenvalue weighted by Crippen LogP contribution is -2.06. The van der Waals surface area contributed by atoms with E-state index < -0.39 is 0 Å². The van der Waals surface area contributed by atoms with E-state index in [1.807, 2.05) is 37.3 Å². The maximum absolute atomic E-state index is 6.27. The van der Waals surface area contributed by atoms with Crippen LogP contribution in [0.25, 0.3) is 0 Å². The van der Waals surface area contributed by atoms with Gasteiger partial charge in [0.1, 0.15) is 12.0 Å². The van der Waals surface area contributed by atoms with Crippen molar-refractivity contribution >= 4 is 40.3 Å². The first kappa shape index (κ1) is 17.0. The van der Waals surface area contributed by atoms with Crippen molar-refractivity contribution in [2.75, 3.05) is 16.4 Å². The Bertz CT molecular complexity index is 924. The molecule has 3 aromatic rings. The van der Waals surface area contributed by atoms with Gasteiger partial charge < -0.3 is 16.4 Å². The van der Waals surface area contributed by atoms with Crippen LogP contribution >= 0.6 is 11.6 Å². The lowest BCUT2D eigenvalue weighted by molar-refractivity contribution is 1.17. The topological polar surface area (TPSA) is 75.9 Å². The van der Waals surface area contributed by atoms with Crippen LogP contribution in [0.4, 0.5) is 28.7 Å².